The molecule has 156 valence electrons. The summed E-state index contributed by atoms with van der Waals surface area (Å²) in [5.41, 5.74) is 0.194. The summed E-state index contributed by atoms with van der Waals surface area (Å²) in [6.07, 6.45) is -3.64. The minimum absolute atomic E-state index is 0.0677. The molecule has 1 atom stereocenters. The summed E-state index contributed by atoms with van der Waals surface area (Å²) in [5, 5.41) is 2.68. The van der Waals surface area contributed by atoms with Crippen molar-refractivity contribution in [1.82, 2.24) is 20.2 Å². The first-order valence-electron chi connectivity index (χ1n) is 9.08. The second kappa shape index (κ2) is 10.0. The molecule has 1 aromatic carbocycles. The number of halogens is 3. The predicted molar refractivity (Wildman–Crippen MR) is 102 cm³/mol. The van der Waals surface area contributed by atoms with E-state index in [9.17, 15) is 18.0 Å². The van der Waals surface area contributed by atoms with Gasteiger partial charge in [0.15, 0.2) is 5.16 Å². The lowest BCUT2D eigenvalue weighted by molar-refractivity contribution is -0.141. The molecule has 0 radical (unpaired) electrons. The van der Waals surface area contributed by atoms with Crippen LogP contribution in [0.15, 0.2) is 47.8 Å². The van der Waals surface area contributed by atoms with Crippen molar-refractivity contribution in [3.05, 3.63) is 53.9 Å². The van der Waals surface area contributed by atoms with E-state index in [2.05, 4.69) is 32.3 Å². The van der Waals surface area contributed by atoms with Crippen molar-refractivity contribution in [2.45, 2.75) is 24.0 Å². The Morgan fingerprint density at radius 1 is 1.28 bits per heavy atom. The quantitative estimate of drug-likeness (QED) is 0.542. The molecule has 2 heterocycles. The Morgan fingerprint density at radius 2 is 2.07 bits per heavy atom. The van der Waals surface area contributed by atoms with Gasteiger partial charge in [0.2, 0.25) is 5.91 Å². The number of benzene rings is 1. The fourth-order valence-electron chi connectivity index (χ4n) is 2.87. The highest BCUT2D eigenvalue weighted by atomic mass is 32.2. The largest absolute Gasteiger partial charge is 0.433 e. The number of aromatic nitrogens is 2. The Balaban J connectivity index is 1.41. The molecule has 1 aromatic heterocycles. The molecule has 1 saturated heterocycles. The van der Waals surface area contributed by atoms with Crippen molar-refractivity contribution in [2.75, 3.05) is 32.0 Å². The zero-order valence-electron chi connectivity index (χ0n) is 15.6. The lowest BCUT2D eigenvalue weighted by atomic mass is 10.2. The molecule has 6 nitrogen and oxygen atoms in total. The highest BCUT2D eigenvalue weighted by Crippen LogP contribution is 2.28. The number of hydrogen-bond acceptors (Lipinski definition) is 6. The zero-order valence-corrected chi connectivity index (χ0v) is 16.4. The Hall–Kier alpha value is -2.17. The van der Waals surface area contributed by atoms with Gasteiger partial charge in [-0.05, 0) is 11.6 Å². The molecule has 2 aromatic rings. The maximum Gasteiger partial charge on any atom is 0.433 e. The number of hydrogen-bond donors (Lipinski definition) is 1. The Labute approximate surface area is 170 Å². The highest BCUT2D eigenvalue weighted by Gasteiger charge is 2.32. The van der Waals surface area contributed by atoms with Crippen LogP contribution in [0.2, 0.25) is 0 Å². The Morgan fingerprint density at radius 3 is 2.83 bits per heavy atom. The second-order valence-electron chi connectivity index (χ2n) is 6.53. The normalized spacial score (nSPS) is 17.8. The third-order valence-corrected chi connectivity index (χ3v) is 5.12. The maximum atomic E-state index is 12.7. The van der Waals surface area contributed by atoms with Crippen LogP contribution in [0.4, 0.5) is 13.2 Å². The molecule has 0 saturated carbocycles. The summed E-state index contributed by atoms with van der Waals surface area (Å²) in [4.78, 5) is 21.5. The molecule has 1 aliphatic heterocycles. The summed E-state index contributed by atoms with van der Waals surface area (Å²) < 4.78 is 43.7. The van der Waals surface area contributed by atoms with E-state index >= 15 is 0 Å². The van der Waals surface area contributed by atoms with Crippen molar-refractivity contribution >= 4 is 17.7 Å². The molecule has 1 fully saturated rings. The smallest absolute Gasteiger partial charge is 0.374 e. The lowest BCUT2D eigenvalue weighted by Crippen LogP contribution is -2.47. The molecular formula is C19H21F3N4O2S. The Kier molecular flexibility index (Phi) is 7.45. The van der Waals surface area contributed by atoms with Crippen LogP contribution in [-0.4, -0.2) is 58.9 Å². The maximum absolute atomic E-state index is 12.7. The number of nitrogens with zero attached hydrogens (tertiary/aromatic N) is 3. The number of nitrogens with one attached hydrogen (secondary N) is 1. The van der Waals surface area contributed by atoms with Crippen LogP contribution in [0.5, 0.6) is 0 Å². The van der Waals surface area contributed by atoms with Crippen LogP contribution in [0, 0.1) is 0 Å². The van der Waals surface area contributed by atoms with Gasteiger partial charge in [-0.15, -0.1) is 0 Å². The van der Waals surface area contributed by atoms with Gasteiger partial charge in [-0.2, -0.15) is 13.2 Å². The lowest BCUT2D eigenvalue weighted by Gasteiger charge is -2.33. The van der Waals surface area contributed by atoms with E-state index in [-0.39, 0.29) is 22.9 Å². The molecule has 1 aliphatic rings. The van der Waals surface area contributed by atoms with Crippen molar-refractivity contribution in [3.63, 3.8) is 0 Å². The summed E-state index contributed by atoms with van der Waals surface area (Å²) in [6, 6.07) is 10.9. The minimum atomic E-state index is -4.54. The van der Waals surface area contributed by atoms with Gasteiger partial charge in [0.25, 0.3) is 0 Å². The number of ether oxygens (including phenoxy) is 1. The van der Waals surface area contributed by atoms with Crippen molar-refractivity contribution < 1.29 is 22.7 Å². The van der Waals surface area contributed by atoms with E-state index in [0.29, 0.717) is 19.7 Å². The third-order valence-electron chi connectivity index (χ3n) is 4.26. The molecule has 0 unspecified atom stereocenters. The van der Waals surface area contributed by atoms with E-state index in [1.807, 2.05) is 18.2 Å². The first kappa shape index (κ1) is 21.5. The van der Waals surface area contributed by atoms with Gasteiger partial charge in [-0.25, -0.2) is 9.97 Å². The monoisotopic (exact) mass is 426 g/mol. The first-order chi connectivity index (χ1) is 13.9. The zero-order chi connectivity index (χ0) is 20.7. The number of carbonyl (C=O) groups excluding carboxylic acids is 1. The number of amides is 1. The number of morpholine rings is 1. The van der Waals surface area contributed by atoms with Crippen molar-refractivity contribution in [3.8, 4) is 0 Å². The molecular weight excluding hydrogens is 405 g/mol. The van der Waals surface area contributed by atoms with Gasteiger partial charge in [0.1, 0.15) is 5.69 Å². The fraction of sp³-hybridized carbons (Fsp3) is 0.421. The first-order valence-corrected chi connectivity index (χ1v) is 10.1. The van der Waals surface area contributed by atoms with E-state index in [4.69, 9.17) is 4.74 Å². The molecule has 10 heteroatoms. The van der Waals surface area contributed by atoms with E-state index in [0.717, 1.165) is 37.1 Å². The van der Waals surface area contributed by atoms with Gasteiger partial charge >= 0.3 is 6.18 Å². The molecule has 1 N–H and O–H groups in total. The van der Waals surface area contributed by atoms with Crippen LogP contribution >= 0.6 is 11.8 Å². The van der Waals surface area contributed by atoms with Gasteiger partial charge in [0.05, 0.1) is 18.5 Å². The van der Waals surface area contributed by atoms with Crippen molar-refractivity contribution in [2.24, 2.45) is 0 Å². The highest BCUT2D eigenvalue weighted by molar-refractivity contribution is 7.99. The number of alkyl halides is 3. The molecule has 3 rings (SSSR count). The standard InChI is InChI=1S/C19H21F3N4O2S/c20-19(21,22)16-6-7-23-18(25-16)29-13-17(27)24-10-15-12-26(8-9-28-15)11-14-4-2-1-3-5-14/h1-7,15H,8-13H2,(H,24,27)/t15-/m1/s1. The molecule has 1 amide bonds. The van der Waals surface area contributed by atoms with E-state index in [1.54, 1.807) is 0 Å². The Bertz CT molecular complexity index is 808. The number of rotatable bonds is 7. The van der Waals surface area contributed by atoms with Crippen molar-refractivity contribution in [1.29, 1.82) is 0 Å². The van der Waals surface area contributed by atoms with Gasteiger partial charge in [-0.1, -0.05) is 42.1 Å². The van der Waals surface area contributed by atoms with Gasteiger partial charge in [-0.3, -0.25) is 9.69 Å². The van der Waals surface area contributed by atoms with Crippen LogP contribution < -0.4 is 5.32 Å². The van der Waals surface area contributed by atoms with E-state index < -0.39 is 11.9 Å². The van der Waals surface area contributed by atoms with Crippen LogP contribution in [0.25, 0.3) is 0 Å². The SMILES string of the molecule is O=C(CSc1nccc(C(F)(F)F)n1)NC[C@@H]1CN(Cc2ccccc2)CCO1. The summed E-state index contributed by atoms with van der Waals surface area (Å²) >= 11 is 0.862. The summed E-state index contributed by atoms with van der Waals surface area (Å²) in [6.45, 7) is 3.26. The molecule has 0 spiro atoms. The second-order valence-corrected chi connectivity index (χ2v) is 7.47. The third kappa shape index (κ3) is 6.98. The van der Waals surface area contributed by atoms with Crippen LogP contribution in [-0.2, 0) is 22.3 Å². The fourth-order valence-corrected chi connectivity index (χ4v) is 3.53. The van der Waals surface area contributed by atoms with E-state index in [1.165, 1.54) is 5.56 Å². The van der Waals surface area contributed by atoms with Crippen LogP contribution in [0.1, 0.15) is 11.3 Å². The van der Waals surface area contributed by atoms with Gasteiger partial charge < -0.3 is 10.1 Å². The topological polar surface area (TPSA) is 67.4 Å². The summed E-state index contributed by atoms with van der Waals surface area (Å²) in [5.74, 6) is -0.373. The summed E-state index contributed by atoms with van der Waals surface area (Å²) in [7, 11) is 0. The average molecular weight is 426 g/mol. The average Bonchev–Trinajstić information content (AvgIpc) is 2.71. The van der Waals surface area contributed by atoms with Crippen LogP contribution in [0.3, 0.4) is 0 Å². The predicted octanol–water partition coefficient (Wildman–Crippen LogP) is 2.60. The molecule has 29 heavy (non-hydrogen) atoms. The van der Waals surface area contributed by atoms with Gasteiger partial charge in [0, 0.05) is 32.4 Å². The number of carbonyl (C=O) groups is 1. The molecule has 0 bridgehead atoms. The molecule has 0 aliphatic carbocycles. The number of thioether (sulfide) groups is 1. The minimum Gasteiger partial charge on any atom is -0.374 e.